The van der Waals surface area contributed by atoms with E-state index in [1.807, 2.05) is 0 Å². The monoisotopic (exact) mass is 264 g/mol. The summed E-state index contributed by atoms with van der Waals surface area (Å²) in [5.41, 5.74) is 5.44. The Balaban J connectivity index is 1.88. The first kappa shape index (κ1) is 13.8. The minimum absolute atomic E-state index is 0.140. The highest BCUT2D eigenvalue weighted by atomic mass is 16.2. The van der Waals surface area contributed by atoms with Crippen molar-refractivity contribution in [1.29, 1.82) is 0 Å². The predicted molar refractivity (Wildman–Crippen MR) is 73.0 cm³/mol. The smallest absolute Gasteiger partial charge is 0.256 e. The predicted octanol–water partition coefficient (Wildman–Crippen LogP) is -0.472. The van der Waals surface area contributed by atoms with Gasteiger partial charge in [-0.05, 0) is 12.8 Å². The Labute approximate surface area is 112 Å². The number of amides is 1. The maximum absolute atomic E-state index is 12.0. The lowest BCUT2D eigenvalue weighted by atomic mass is 10.0. The Kier molecular flexibility index (Phi) is 4.70. The van der Waals surface area contributed by atoms with Gasteiger partial charge in [0.25, 0.3) is 5.91 Å². The molecule has 1 aliphatic rings. The number of rotatable bonds is 4. The second-order valence-corrected chi connectivity index (χ2v) is 4.80. The number of nitrogens with two attached hydrogens (primary N) is 1. The Hall–Kier alpha value is -1.66. The van der Waals surface area contributed by atoms with E-state index in [2.05, 4.69) is 15.2 Å². The lowest BCUT2D eigenvalue weighted by molar-refractivity contribution is 0.0910. The molecule has 104 valence electrons. The molecule has 1 saturated heterocycles. The van der Waals surface area contributed by atoms with Crippen LogP contribution in [0.25, 0.3) is 0 Å². The number of carbonyl (C=O) groups is 1. The van der Waals surface area contributed by atoms with Crippen LogP contribution in [-0.4, -0.2) is 48.0 Å². The Morgan fingerprint density at radius 2 is 2.21 bits per heavy atom. The van der Waals surface area contributed by atoms with E-state index in [1.54, 1.807) is 0 Å². The summed E-state index contributed by atoms with van der Waals surface area (Å²) in [6.45, 7) is 3.44. The van der Waals surface area contributed by atoms with E-state index in [0.717, 1.165) is 32.5 Å². The second kappa shape index (κ2) is 6.49. The Bertz CT molecular complexity index is 478. The molecule has 1 fully saturated rings. The van der Waals surface area contributed by atoms with Gasteiger partial charge >= 0.3 is 0 Å². The van der Waals surface area contributed by atoms with Crippen molar-refractivity contribution in [2.45, 2.75) is 18.9 Å². The molecular formula is C13H20N4O2. The number of H-pyrrole nitrogens is 1. The number of likely N-dealkylation sites (tertiary alicyclic amines) is 1. The third-order valence-electron chi connectivity index (χ3n) is 3.44. The van der Waals surface area contributed by atoms with Gasteiger partial charge in [-0.25, -0.2) is 0 Å². The first-order valence-electron chi connectivity index (χ1n) is 6.61. The topological polar surface area (TPSA) is 91.2 Å². The van der Waals surface area contributed by atoms with E-state index in [4.69, 9.17) is 5.73 Å². The third-order valence-corrected chi connectivity index (χ3v) is 3.44. The molecular weight excluding hydrogens is 244 g/mol. The molecule has 0 spiro atoms. The first-order valence-corrected chi connectivity index (χ1v) is 6.61. The van der Waals surface area contributed by atoms with Crippen LogP contribution in [-0.2, 0) is 0 Å². The van der Waals surface area contributed by atoms with Crippen molar-refractivity contribution >= 4 is 5.91 Å². The number of piperidine rings is 1. The fraction of sp³-hybridized carbons (Fsp3) is 0.538. The normalized spacial score (nSPS) is 17.3. The maximum atomic E-state index is 12.0. The standard InChI is InChI=1S/C13H20N4O2/c14-4-8-17-6-2-10(3-7-17)16-13(19)11-9-15-5-1-12(11)18/h1,5,9-10H,2-4,6-8,14H2,(H,15,18)(H,16,19). The van der Waals surface area contributed by atoms with Crippen molar-refractivity contribution < 1.29 is 4.79 Å². The molecule has 0 saturated carbocycles. The van der Waals surface area contributed by atoms with Gasteiger partial charge in [0, 0.05) is 50.7 Å². The zero-order valence-corrected chi connectivity index (χ0v) is 10.9. The quantitative estimate of drug-likeness (QED) is 0.685. The van der Waals surface area contributed by atoms with Gasteiger partial charge in [0.15, 0.2) is 5.43 Å². The largest absolute Gasteiger partial charge is 0.367 e. The van der Waals surface area contributed by atoms with Crippen LogP contribution in [0, 0.1) is 0 Å². The number of aromatic nitrogens is 1. The van der Waals surface area contributed by atoms with Gasteiger partial charge in [0.2, 0.25) is 0 Å². The highest BCUT2D eigenvalue weighted by Gasteiger charge is 2.21. The van der Waals surface area contributed by atoms with Crippen molar-refractivity contribution in [2.24, 2.45) is 5.73 Å². The molecule has 6 nitrogen and oxygen atoms in total. The summed E-state index contributed by atoms with van der Waals surface area (Å²) >= 11 is 0. The highest BCUT2D eigenvalue weighted by molar-refractivity contribution is 5.93. The van der Waals surface area contributed by atoms with Crippen LogP contribution in [0.15, 0.2) is 23.3 Å². The van der Waals surface area contributed by atoms with Gasteiger partial charge in [-0.3, -0.25) is 9.59 Å². The van der Waals surface area contributed by atoms with Crippen LogP contribution in [0.1, 0.15) is 23.2 Å². The molecule has 0 unspecified atom stereocenters. The maximum Gasteiger partial charge on any atom is 0.256 e. The van der Waals surface area contributed by atoms with Crippen LogP contribution in [0.4, 0.5) is 0 Å². The SMILES string of the molecule is NCCN1CCC(NC(=O)c2c[nH]ccc2=O)CC1. The highest BCUT2D eigenvalue weighted by Crippen LogP contribution is 2.10. The van der Waals surface area contributed by atoms with E-state index >= 15 is 0 Å². The summed E-state index contributed by atoms with van der Waals surface area (Å²) < 4.78 is 0. The van der Waals surface area contributed by atoms with Gasteiger partial charge in [-0.1, -0.05) is 0 Å². The molecule has 19 heavy (non-hydrogen) atoms. The molecule has 1 aromatic rings. The van der Waals surface area contributed by atoms with Gasteiger partial charge < -0.3 is 20.9 Å². The molecule has 2 rings (SSSR count). The van der Waals surface area contributed by atoms with Crippen LogP contribution < -0.4 is 16.5 Å². The molecule has 0 bridgehead atoms. The van der Waals surface area contributed by atoms with Crippen LogP contribution in [0.3, 0.4) is 0 Å². The van der Waals surface area contributed by atoms with E-state index < -0.39 is 0 Å². The summed E-state index contributed by atoms with van der Waals surface area (Å²) in [6.07, 6.45) is 4.76. The molecule has 1 amide bonds. The van der Waals surface area contributed by atoms with Crippen LogP contribution in [0.2, 0.25) is 0 Å². The zero-order chi connectivity index (χ0) is 13.7. The average molecular weight is 264 g/mol. The summed E-state index contributed by atoms with van der Waals surface area (Å²) in [6, 6.07) is 1.50. The van der Waals surface area contributed by atoms with E-state index in [-0.39, 0.29) is 22.9 Å². The molecule has 2 heterocycles. The van der Waals surface area contributed by atoms with Gasteiger partial charge in [0.05, 0.1) is 0 Å². The first-order chi connectivity index (χ1) is 9.20. The van der Waals surface area contributed by atoms with Crippen molar-refractivity contribution in [2.75, 3.05) is 26.2 Å². The van der Waals surface area contributed by atoms with Crippen molar-refractivity contribution in [1.82, 2.24) is 15.2 Å². The summed E-state index contributed by atoms with van der Waals surface area (Å²) in [7, 11) is 0. The minimum atomic E-state index is -0.292. The molecule has 4 N–H and O–H groups in total. The van der Waals surface area contributed by atoms with E-state index in [0.29, 0.717) is 6.54 Å². The number of hydrogen-bond donors (Lipinski definition) is 3. The molecule has 1 aliphatic heterocycles. The zero-order valence-electron chi connectivity index (χ0n) is 10.9. The fourth-order valence-electron chi connectivity index (χ4n) is 2.34. The molecule has 0 aliphatic carbocycles. The van der Waals surface area contributed by atoms with Gasteiger partial charge in [0.1, 0.15) is 5.56 Å². The third kappa shape index (κ3) is 3.65. The van der Waals surface area contributed by atoms with Gasteiger partial charge in [-0.2, -0.15) is 0 Å². The van der Waals surface area contributed by atoms with Crippen molar-refractivity contribution in [3.63, 3.8) is 0 Å². The number of aromatic amines is 1. The summed E-state index contributed by atoms with van der Waals surface area (Å²) in [5.74, 6) is -0.292. The van der Waals surface area contributed by atoms with E-state index in [9.17, 15) is 9.59 Å². The second-order valence-electron chi connectivity index (χ2n) is 4.80. The lowest BCUT2D eigenvalue weighted by Gasteiger charge is -2.31. The number of pyridine rings is 1. The number of hydrogen-bond acceptors (Lipinski definition) is 4. The summed E-state index contributed by atoms with van der Waals surface area (Å²) in [5, 5.41) is 2.92. The van der Waals surface area contributed by atoms with Crippen LogP contribution >= 0.6 is 0 Å². The lowest BCUT2D eigenvalue weighted by Crippen LogP contribution is -2.46. The number of nitrogens with zero attached hydrogens (tertiary/aromatic N) is 1. The Morgan fingerprint density at radius 3 is 2.84 bits per heavy atom. The fourth-order valence-corrected chi connectivity index (χ4v) is 2.34. The molecule has 1 aromatic heterocycles. The van der Waals surface area contributed by atoms with Crippen molar-refractivity contribution in [3.8, 4) is 0 Å². The number of nitrogens with one attached hydrogen (secondary N) is 2. The minimum Gasteiger partial charge on any atom is -0.367 e. The average Bonchev–Trinajstić information content (AvgIpc) is 2.42. The van der Waals surface area contributed by atoms with E-state index in [1.165, 1.54) is 18.5 Å². The summed E-state index contributed by atoms with van der Waals surface area (Å²) in [4.78, 5) is 28.6. The molecule has 0 aromatic carbocycles. The molecule has 0 atom stereocenters. The Morgan fingerprint density at radius 1 is 1.47 bits per heavy atom. The molecule has 6 heteroatoms. The number of carbonyl (C=O) groups excluding carboxylic acids is 1. The van der Waals surface area contributed by atoms with Crippen molar-refractivity contribution in [3.05, 3.63) is 34.2 Å². The van der Waals surface area contributed by atoms with Gasteiger partial charge in [-0.15, -0.1) is 0 Å². The van der Waals surface area contributed by atoms with Crippen LogP contribution in [0.5, 0.6) is 0 Å². The molecule has 0 radical (unpaired) electrons.